The van der Waals surface area contributed by atoms with E-state index in [0.29, 0.717) is 30.9 Å². The Kier molecular flexibility index (Phi) is 5.49. The summed E-state index contributed by atoms with van der Waals surface area (Å²) in [7, 11) is 1.57. The summed E-state index contributed by atoms with van der Waals surface area (Å²) in [6.07, 6.45) is 5.41. The van der Waals surface area contributed by atoms with Crippen LogP contribution in [0.3, 0.4) is 0 Å². The minimum absolute atomic E-state index is 0.132. The van der Waals surface area contributed by atoms with E-state index >= 15 is 0 Å². The molecule has 0 N–H and O–H groups in total. The molecule has 5 nitrogen and oxygen atoms in total. The predicted molar refractivity (Wildman–Crippen MR) is 108 cm³/mol. The average Bonchev–Trinajstić information content (AvgIpc) is 3.29. The van der Waals surface area contributed by atoms with E-state index in [1.54, 1.807) is 31.4 Å². The summed E-state index contributed by atoms with van der Waals surface area (Å²) in [4.78, 5) is 24.7. The number of allylic oxidation sites excluding steroid dienone is 1. The Labute approximate surface area is 170 Å². The van der Waals surface area contributed by atoms with Crippen LogP contribution >= 0.6 is 0 Å². The lowest BCUT2D eigenvalue weighted by atomic mass is 9.87. The second-order valence-electron chi connectivity index (χ2n) is 7.63. The maximum absolute atomic E-state index is 12.7. The number of hydrogen-bond acceptors (Lipinski definition) is 5. The minimum atomic E-state index is -1.13. The molecule has 0 aromatic heterocycles. The van der Waals surface area contributed by atoms with Gasteiger partial charge in [0.2, 0.25) is 0 Å². The van der Waals surface area contributed by atoms with E-state index in [1.165, 1.54) is 0 Å². The fourth-order valence-electron chi connectivity index (χ4n) is 4.40. The number of benzene rings is 2. The molecule has 0 radical (unpaired) electrons. The SMILES string of the molecule is COc1ccc(C(=O)OC2(C=O)CC3C=CC2C3COCc2ccccc2)cc1. The van der Waals surface area contributed by atoms with Gasteiger partial charge >= 0.3 is 5.97 Å². The van der Waals surface area contributed by atoms with Crippen LogP contribution in [0.5, 0.6) is 5.75 Å². The molecule has 0 amide bonds. The third-order valence-electron chi connectivity index (χ3n) is 5.93. The van der Waals surface area contributed by atoms with Gasteiger partial charge < -0.3 is 14.2 Å². The van der Waals surface area contributed by atoms with Gasteiger partial charge in [0.05, 0.1) is 25.9 Å². The van der Waals surface area contributed by atoms with E-state index in [9.17, 15) is 9.59 Å². The largest absolute Gasteiger partial charge is 0.497 e. The van der Waals surface area contributed by atoms with E-state index in [0.717, 1.165) is 11.8 Å². The first-order chi connectivity index (χ1) is 14.1. The third kappa shape index (κ3) is 3.83. The summed E-state index contributed by atoms with van der Waals surface area (Å²) < 4.78 is 16.8. The van der Waals surface area contributed by atoms with Gasteiger partial charge in [0.1, 0.15) is 5.75 Å². The standard InChI is InChI=1S/C24H24O5/c1-27-20-10-7-18(8-11-20)23(26)29-24(16-25)13-19-9-12-22(24)21(19)15-28-14-17-5-3-2-4-6-17/h2-12,16,19,21-22H,13-15H2,1H3. The Bertz CT molecular complexity index is 889. The zero-order valence-corrected chi connectivity index (χ0v) is 16.3. The van der Waals surface area contributed by atoms with E-state index < -0.39 is 11.6 Å². The first-order valence-corrected chi connectivity index (χ1v) is 9.79. The summed E-state index contributed by atoms with van der Waals surface area (Å²) in [5.74, 6) is 0.301. The van der Waals surface area contributed by atoms with Crippen LogP contribution in [0.4, 0.5) is 0 Å². The van der Waals surface area contributed by atoms with Crippen molar-refractivity contribution in [3.63, 3.8) is 0 Å². The van der Waals surface area contributed by atoms with Crippen LogP contribution in [0.2, 0.25) is 0 Å². The molecule has 0 saturated heterocycles. The summed E-state index contributed by atoms with van der Waals surface area (Å²) >= 11 is 0. The van der Waals surface area contributed by atoms with E-state index in [4.69, 9.17) is 14.2 Å². The number of carbonyl (C=O) groups is 2. The van der Waals surface area contributed by atoms with Crippen LogP contribution in [-0.2, 0) is 20.9 Å². The number of methoxy groups -OCH3 is 1. The molecule has 4 atom stereocenters. The molecular formula is C24H24O5. The van der Waals surface area contributed by atoms with Crippen molar-refractivity contribution >= 4 is 12.3 Å². The molecule has 0 aliphatic heterocycles. The lowest BCUT2D eigenvalue weighted by molar-refractivity contribution is -0.128. The molecule has 0 spiro atoms. The Morgan fingerprint density at radius 1 is 1.10 bits per heavy atom. The zero-order valence-electron chi connectivity index (χ0n) is 16.3. The van der Waals surface area contributed by atoms with Crippen molar-refractivity contribution in [1.29, 1.82) is 0 Å². The summed E-state index contributed by atoms with van der Waals surface area (Å²) in [6.45, 7) is 1.05. The lowest BCUT2D eigenvalue weighted by Gasteiger charge is -2.30. The monoisotopic (exact) mass is 392 g/mol. The molecular weight excluding hydrogens is 368 g/mol. The molecule has 2 aliphatic carbocycles. The number of ether oxygens (including phenoxy) is 3. The molecule has 5 heteroatoms. The van der Waals surface area contributed by atoms with Crippen LogP contribution in [-0.4, -0.2) is 31.6 Å². The van der Waals surface area contributed by atoms with Crippen LogP contribution in [0.1, 0.15) is 22.3 Å². The van der Waals surface area contributed by atoms with Crippen LogP contribution in [0, 0.1) is 17.8 Å². The fraction of sp³-hybridized carbons (Fsp3) is 0.333. The summed E-state index contributed by atoms with van der Waals surface area (Å²) in [6, 6.07) is 16.7. The molecule has 2 bridgehead atoms. The predicted octanol–water partition coefficient (Wildman–Crippen LogP) is 3.83. The normalized spacial score (nSPS) is 27.0. The number of fused-ring (bicyclic) bond motifs is 2. The highest BCUT2D eigenvalue weighted by atomic mass is 16.6. The van der Waals surface area contributed by atoms with Crippen LogP contribution in [0.25, 0.3) is 0 Å². The van der Waals surface area contributed by atoms with Crippen LogP contribution in [0.15, 0.2) is 66.7 Å². The number of aldehydes is 1. The zero-order chi connectivity index (χ0) is 20.3. The Hall–Kier alpha value is -2.92. The quantitative estimate of drug-likeness (QED) is 0.388. The molecule has 0 heterocycles. The number of carbonyl (C=O) groups excluding carboxylic acids is 2. The first-order valence-electron chi connectivity index (χ1n) is 9.79. The van der Waals surface area contributed by atoms with E-state index in [-0.39, 0.29) is 17.8 Å². The molecule has 1 fully saturated rings. The minimum Gasteiger partial charge on any atom is -0.497 e. The molecule has 1 saturated carbocycles. The van der Waals surface area contributed by atoms with Crippen LogP contribution < -0.4 is 4.74 Å². The maximum Gasteiger partial charge on any atom is 0.339 e. The average molecular weight is 392 g/mol. The van der Waals surface area contributed by atoms with Gasteiger partial charge in [-0.05, 0) is 41.7 Å². The molecule has 150 valence electrons. The van der Waals surface area contributed by atoms with Gasteiger partial charge in [-0.25, -0.2) is 4.79 Å². The van der Waals surface area contributed by atoms with Crippen molar-refractivity contribution in [3.05, 3.63) is 77.9 Å². The van der Waals surface area contributed by atoms with Crippen molar-refractivity contribution in [2.24, 2.45) is 17.8 Å². The molecule has 2 aromatic rings. The van der Waals surface area contributed by atoms with E-state index in [2.05, 4.69) is 6.08 Å². The van der Waals surface area contributed by atoms with Crippen molar-refractivity contribution < 1.29 is 23.8 Å². The highest BCUT2D eigenvalue weighted by Gasteiger charge is 2.57. The van der Waals surface area contributed by atoms with Crippen molar-refractivity contribution in [2.75, 3.05) is 13.7 Å². The Balaban J connectivity index is 1.41. The molecule has 2 aliphatic rings. The smallest absolute Gasteiger partial charge is 0.339 e. The molecule has 4 rings (SSSR count). The Morgan fingerprint density at radius 3 is 2.55 bits per heavy atom. The Morgan fingerprint density at radius 2 is 1.86 bits per heavy atom. The first kappa shape index (κ1) is 19.4. The van der Waals surface area contributed by atoms with Crippen molar-refractivity contribution in [3.8, 4) is 5.75 Å². The lowest BCUT2D eigenvalue weighted by Crippen LogP contribution is -2.42. The van der Waals surface area contributed by atoms with Gasteiger partial charge in [0.15, 0.2) is 11.9 Å². The number of rotatable bonds is 8. The van der Waals surface area contributed by atoms with Gasteiger partial charge in [-0.3, -0.25) is 4.79 Å². The summed E-state index contributed by atoms with van der Waals surface area (Å²) in [5, 5.41) is 0. The number of esters is 1. The van der Waals surface area contributed by atoms with Gasteiger partial charge in [-0.15, -0.1) is 0 Å². The van der Waals surface area contributed by atoms with Gasteiger partial charge in [0, 0.05) is 12.3 Å². The fourth-order valence-corrected chi connectivity index (χ4v) is 4.40. The highest BCUT2D eigenvalue weighted by Crippen LogP contribution is 2.52. The van der Waals surface area contributed by atoms with Gasteiger partial charge in [0.25, 0.3) is 0 Å². The maximum atomic E-state index is 12.7. The van der Waals surface area contributed by atoms with E-state index in [1.807, 2.05) is 36.4 Å². The second-order valence-corrected chi connectivity index (χ2v) is 7.63. The summed E-state index contributed by atoms with van der Waals surface area (Å²) in [5.41, 5.74) is 0.381. The van der Waals surface area contributed by atoms with Crippen molar-refractivity contribution in [2.45, 2.75) is 18.6 Å². The van der Waals surface area contributed by atoms with Crippen molar-refractivity contribution in [1.82, 2.24) is 0 Å². The molecule has 2 aromatic carbocycles. The third-order valence-corrected chi connectivity index (χ3v) is 5.93. The molecule has 4 unspecified atom stereocenters. The number of hydrogen-bond donors (Lipinski definition) is 0. The topological polar surface area (TPSA) is 61.8 Å². The highest BCUT2D eigenvalue weighted by molar-refractivity contribution is 5.91. The van der Waals surface area contributed by atoms with Gasteiger partial charge in [-0.2, -0.15) is 0 Å². The second kappa shape index (κ2) is 8.21. The molecule has 29 heavy (non-hydrogen) atoms. The van der Waals surface area contributed by atoms with Gasteiger partial charge in [-0.1, -0.05) is 42.5 Å².